The van der Waals surface area contributed by atoms with E-state index in [4.69, 9.17) is 44.0 Å². The molecule has 0 N–H and O–H groups in total. The third kappa shape index (κ3) is 2.63. The van der Waals surface area contributed by atoms with Crippen molar-refractivity contribution in [3.63, 3.8) is 0 Å². The zero-order valence-corrected chi connectivity index (χ0v) is 7.55. The second kappa shape index (κ2) is 3.80. The molecule has 0 bridgehead atoms. The minimum Gasteiger partial charge on any atom is -0.507 e. The van der Waals surface area contributed by atoms with Crippen molar-refractivity contribution in [2.45, 2.75) is 10.5 Å². The summed E-state index contributed by atoms with van der Waals surface area (Å²) in [6.07, 6.45) is 2.99. The molecule has 0 fully saturated rings. The summed E-state index contributed by atoms with van der Waals surface area (Å²) in [5.41, 5.74) is 0. The zero-order chi connectivity index (χ0) is 10.8. The molecule has 0 aliphatic heterocycles. The van der Waals surface area contributed by atoms with Gasteiger partial charge in [-0.15, -0.1) is 5.11 Å². The normalized spacial score (nSPS) is 12.3. The van der Waals surface area contributed by atoms with Crippen LogP contribution in [0.1, 0.15) is 0 Å². The molecule has 0 saturated carbocycles. The van der Waals surface area contributed by atoms with Crippen molar-refractivity contribution >= 4 is 39.2 Å². The average molecular weight is 172 g/mol. The quantitative estimate of drug-likeness (QED) is 0.547. The predicted molar refractivity (Wildman–Crippen MR) is 59.1 cm³/mol. The van der Waals surface area contributed by atoms with Crippen LogP contribution < -0.4 is 4.74 Å². The van der Waals surface area contributed by atoms with Crippen LogP contribution in [0.25, 0.3) is 0 Å². The van der Waals surface area contributed by atoms with Gasteiger partial charge in [0.05, 0.1) is 29.7 Å². The standard InChI is InChI=1S/C7H4B5NO/c8-6(9,10)7(11,12)14-5-2-1-3-13-4-5/h1-4H. The van der Waals surface area contributed by atoms with Crippen LogP contribution in [0.2, 0.25) is 5.11 Å². The van der Waals surface area contributed by atoms with Gasteiger partial charge in [-0.05, 0) is 12.1 Å². The number of rotatable bonds is 3. The fourth-order valence-electron chi connectivity index (χ4n) is 0.691. The van der Waals surface area contributed by atoms with Crippen LogP contribution in [0.4, 0.5) is 0 Å². The lowest BCUT2D eigenvalue weighted by molar-refractivity contribution is 0.241. The summed E-state index contributed by atoms with van der Waals surface area (Å²) in [5.74, 6) is 0.336. The van der Waals surface area contributed by atoms with E-state index >= 15 is 0 Å². The first-order chi connectivity index (χ1) is 6.33. The van der Waals surface area contributed by atoms with Gasteiger partial charge < -0.3 is 4.74 Å². The molecule has 0 aliphatic rings. The molecular formula is C7H4B5NO. The van der Waals surface area contributed by atoms with E-state index in [0.717, 1.165) is 0 Å². The topological polar surface area (TPSA) is 22.1 Å². The summed E-state index contributed by atoms with van der Waals surface area (Å²) >= 11 is 0. The molecule has 0 spiro atoms. The molecule has 0 atom stereocenters. The Morgan fingerprint density at radius 3 is 2.21 bits per heavy atom. The fraction of sp³-hybridized carbons (Fsp3) is 0.286. The first kappa shape index (κ1) is 11.4. The highest BCUT2D eigenvalue weighted by Gasteiger charge is 2.31. The molecule has 1 aromatic heterocycles. The van der Waals surface area contributed by atoms with Crippen LogP contribution in [0, 0.1) is 0 Å². The molecule has 58 valence electrons. The molecule has 2 nitrogen and oxygen atoms in total. The maximum absolute atomic E-state index is 5.48. The first-order valence-corrected chi connectivity index (χ1v) is 3.86. The Balaban J connectivity index is 2.79. The average Bonchev–Trinajstić information content (AvgIpc) is 2.03. The van der Waals surface area contributed by atoms with E-state index < -0.39 is 10.5 Å². The third-order valence-electron chi connectivity index (χ3n) is 1.60. The van der Waals surface area contributed by atoms with Crippen molar-refractivity contribution in [3.8, 4) is 5.75 Å². The molecule has 0 aromatic carbocycles. The van der Waals surface area contributed by atoms with Crippen LogP contribution in [-0.2, 0) is 0 Å². The van der Waals surface area contributed by atoms with Crippen molar-refractivity contribution in [3.05, 3.63) is 24.5 Å². The molecule has 10 radical (unpaired) electrons. The van der Waals surface area contributed by atoms with Crippen LogP contribution in [0.5, 0.6) is 5.75 Å². The van der Waals surface area contributed by atoms with Gasteiger partial charge in [0, 0.05) is 11.6 Å². The van der Waals surface area contributed by atoms with E-state index in [9.17, 15) is 0 Å². The molecule has 1 rings (SSSR count). The Morgan fingerprint density at radius 2 is 1.79 bits per heavy atom. The molecule has 0 aliphatic carbocycles. The Hall–Kier alpha value is -0.725. The van der Waals surface area contributed by atoms with E-state index in [0.29, 0.717) is 5.75 Å². The van der Waals surface area contributed by atoms with Crippen molar-refractivity contribution in [1.82, 2.24) is 4.98 Å². The van der Waals surface area contributed by atoms with Crippen LogP contribution >= 0.6 is 0 Å². The highest BCUT2D eigenvalue weighted by atomic mass is 16.5. The second-order valence-corrected chi connectivity index (χ2v) is 3.02. The third-order valence-corrected chi connectivity index (χ3v) is 1.60. The maximum Gasteiger partial charge on any atom is 0.135 e. The molecule has 0 unspecified atom stereocenters. The molecule has 1 heterocycles. The van der Waals surface area contributed by atoms with Gasteiger partial charge in [0.2, 0.25) is 0 Å². The Bertz CT molecular complexity index is 297. The predicted octanol–water partition coefficient (Wildman–Crippen LogP) is -0.970. The lowest BCUT2D eigenvalue weighted by atomic mass is 9.28. The van der Waals surface area contributed by atoms with Crippen LogP contribution in [0.15, 0.2) is 24.5 Å². The lowest BCUT2D eigenvalue weighted by Gasteiger charge is -2.42. The monoisotopic (exact) mass is 173 g/mol. The largest absolute Gasteiger partial charge is 0.507 e. The number of aromatic nitrogens is 1. The van der Waals surface area contributed by atoms with Crippen molar-refractivity contribution in [1.29, 1.82) is 0 Å². The fourth-order valence-corrected chi connectivity index (χ4v) is 0.691. The summed E-state index contributed by atoms with van der Waals surface area (Å²) < 4.78 is 5.08. The van der Waals surface area contributed by atoms with Gasteiger partial charge in [-0.1, -0.05) is 0 Å². The van der Waals surface area contributed by atoms with Gasteiger partial charge in [0.25, 0.3) is 0 Å². The molecule has 14 heavy (non-hydrogen) atoms. The first-order valence-electron chi connectivity index (χ1n) is 3.86. The van der Waals surface area contributed by atoms with Gasteiger partial charge in [-0.25, -0.2) is 0 Å². The molecular weight excluding hydrogens is 168 g/mol. The SMILES string of the molecule is [B]C([B])([B])C([B])([B])Oc1cccnc1. The molecule has 0 saturated heterocycles. The Labute approximate surface area is 90.3 Å². The van der Waals surface area contributed by atoms with Crippen molar-refractivity contribution in [2.75, 3.05) is 0 Å². The molecule has 0 amide bonds. The molecule has 7 heteroatoms. The summed E-state index contributed by atoms with van der Waals surface area (Å²) in [4.78, 5) is 3.79. The highest BCUT2D eigenvalue weighted by molar-refractivity contribution is 6.66. The van der Waals surface area contributed by atoms with Gasteiger partial charge >= 0.3 is 0 Å². The number of hydrogen-bond donors (Lipinski definition) is 0. The Morgan fingerprint density at radius 1 is 1.14 bits per heavy atom. The van der Waals surface area contributed by atoms with E-state index in [2.05, 4.69) is 4.98 Å². The van der Waals surface area contributed by atoms with Crippen molar-refractivity contribution in [2.24, 2.45) is 0 Å². The lowest BCUT2D eigenvalue weighted by Crippen LogP contribution is -2.50. The van der Waals surface area contributed by atoms with E-state index in [1.54, 1.807) is 18.3 Å². The van der Waals surface area contributed by atoms with E-state index in [-0.39, 0.29) is 0 Å². The van der Waals surface area contributed by atoms with Crippen LogP contribution in [-0.4, -0.2) is 49.6 Å². The number of nitrogens with zero attached hydrogens (tertiary/aromatic N) is 1. The maximum atomic E-state index is 5.48. The number of ether oxygens (including phenoxy) is 1. The minimum atomic E-state index is -1.87. The summed E-state index contributed by atoms with van der Waals surface area (Å²) in [7, 11) is 26.9. The number of hydrogen-bond acceptors (Lipinski definition) is 2. The van der Waals surface area contributed by atoms with Gasteiger partial charge in [-0.2, -0.15) is 0 Å². The summed E-state index contributed by atoms with van der Waals surface area (Å²) in [6, 6.07) is 3.25. The highest BCUT2D eigenvalue weighted by Crippen LogP contribution is 2.27. The van der Waals surface area contributed by atoms with Gasteiger partial charge in [0.1, 0.15) is 21.4 Å². The Kier molecular flexibility index (Phi) is 3.08. The summed E-state index contributed by atoms with van der Waals surface area (Å²) in [6.45, 7) is 0. The second-order valence-electron chi connectivity index (χ2n) is 3.02. The van der Waals surface area contributed by atoms with E-state index in [1.165, 1.54) is 6.20 Å². The van der Waals surface area contributed by atoms with Crippen molar-refractivity contribution < 1.29 is 4.74 Å². The van der Waals surface area contributed by atoms with Gasteiger partial charge in [0.15, 0.2) is 0 Å². The zero-order valence-electron chi connectivity index (χ0n) is 7.55. The van der Waals surface area contributed by atoms with Crippen LogP contribution in [0.3, 0.4) is 0 Å². The number of pyridine rings is 1. The minimum absolute atomic E-state index is 0.336. The summed E-state index contributed by atoms with van der Waals surface area (Å²) in [5, 5.41) is -3.71. The van der Waals surface area contributed by atoms with Gasteiger partial charge in [-0.3, -0.25) is 4.98 Å². The van der Waals surface area contributed by atoms with E-state index in [1.807, 2.05) is 0 Å². The molecule has 1 aromatic rings. The smallest absolute Gasteiger partial charge is 0.135 e.